The van der Waals surface area contributed by atoms with Crippen molar-refractivity contribution in [3.63, 3.8) is 0 Å². The summed E-state index contributed by atoms with van der Waals surface area (Å²) in [5.41, 5.74) is 0.856. The summed E-state index contributed by atoms with van der Waals surface area (Å²) in [5, 5.41) is 11.6. The maximum Gasteiger partial charge on any atom is 0.292 e. The van der Waals surface area contributed by atoms with Crippen LogP contribution in [0.5, 0.6) is 0 Å². The third-order valence-corrected chi connectivity index (χ3v) is 3.31. The summed E-state index contributed by atoms with van der Waals surface area (Å²) in [7, 11) is 0. The molecule has 0 radical (unpaired) electrons. The van der Waals surface area contributed by atoms with E-state index in [-0.39, 0.29) is 10.6 Å². The van der Waals surface area contributed by atoms with Gasteiger partial charge in [-0.25, -0.2) is 0 Å². The minimum atomic E-state index is -0.331. The number of halogens is 1. The van der Waals surface area contributed by atoms with Gasteiger partial charge in [-0.2, -0.15) is 0 Å². The Hall–Kier alpha value is -1.59. The molecule has 0 atom stereocenters. The molecule has 1 aliphatic heterocycles. The van der Waals surface area contributed by atoms with E-state index in [9.17, 15) is 10.1 Å². The fraction of sp³-hybridized carbons (Fsp3) is 0.385. The van der Waals surface area contributed by atoms with Crippen LogP contribution in [0.3, 0.4) is 0 Å². The van der Waals surface area contributed by atoms with E-state index < -0.39 is 0 Å². The van der Waals surface area contributed by atoms with Crippen LogP contribution in [0.2, 0.25) is 0 Å². The number of hydrogen-bond donors (Lipinski definition) is 0. The van der Waals surface area contributed by atoms with Crippen LogP contribution < -0.4 is 4.90 Å². The number of nitro groups is 1. The van der Waals surface area contributed by atoms with Crippen LogP contribution >= 0.6 is 11.6 Å². The van der Waals surface area contributed by atoms with Gasteiger partial charge >= 0.3 is 0 Å². The number of nitrogens with zero attached hydrogens (tertiary/aromatic N) is 3. The number of rotatable bonds is 4. The highest BCUT2D eigenvalue weighted by Crippen LogP contribution is 2.28. The molecule has 1 aromatic rings. The Labute approximate surface area is 117 Å². The Morgan fingerprint density at radius 2 is 1.95 bits per heavy atom. The van der Waals surface area contributed by atoms with E-state index in [0.717, 1.165) is 26.2 Å². The quantitative estimate of drug-likeness (QED) is 0.628. The minimum Gasteiger partial charge on any atom is -0.363 e. The van der Waals surface area contributed by atoms with Crippen molar-refractivity contribution in [2.24, 2.45) is 0 Å². The summed E-state index contributed by atoms with van der Waals surface area (Å²) in [6.07, 6.45) is 0. The summed E-state index contributed by atoms with van der Waals surface area (Å²) in [6, 6.07) is 6.86. The van der Waals surface area contributed by atoms with Crippen molar-refractivity contribution in [1.29, 1.82) is 0 Å². The topological polar surface area (TPSA) is 49.6 Å². The average Bonchev–Trinajstić information content (AvgIpc) is 2.39. The fourth-order valence-corrected chi connectivity index (χ4v) is 2.44. The largest absolute Gasteiger partial charge is 0.363 e. The maximum absolute atomic E-state index is 11.0. The summed E-state index contributed by atoms with van der Waals surface area (Å²) in [6.45, 7) is 7.54. The summed E-state index contributed by atoms with van der Waals surface area (Å²) in [4.78, 5) is 14.9. The maximum atomic E-state index is 11.0. The van der Waals surface area contributed by atoms with Gasteiger partial charge in [0.2, 0.25) is 0 Å². The highest BCUT2D eigenvalue weighted by atomic mass is 35.5. The standard InChI is InChI=1S/C13H16ClN3O2/c1-11(14)10-15-6-8-16(9-7-15)12-4-2-3-5-13(12)17(18)19/h2-5H,1,6-10H2. The molecule has 19 heavy (non-hydrogen) atoms. The van der Waals surface area contributed by atoms with Gasteiger partial charge in [-0.3, -0.25) is 15.0 Å². The molecule has 0 N–H and O–H groups in total. The first-order valence-corrected chi connectivity index (χ1v) is 6.49. The lowest BCUT2D eigenvalue weighted by Crippen LogP contribution is -2.46. The summed E-state index contributed by atoms with van der Waals surface area (Å²) < 4.78 is 0. The average molecular weight is 282 g/mol. The number of benzene rings is 1. The predicted octanol–water partition coefficient (Wildman–Crippen LogP) is 2.47. The van der Waals surface area contributed by atoms with Gasteiger partial charge in [0.1, 0.15) is 5.69 Å². The zero-order chi connectivity index (χ0) is 13.8. The van der Waals surface area contributed by atoms with Gasteiger partial charge < -0.3 is 4.90 Å². The molecule has 1 aliphatic rings. The molecule has 1 aromatic carbocycles. The second-order valence-corrected chi connectivity index (χ2v) is 5.06. The van der Waals surface area contributed by atoms with Crippen molar-refractivity contribution >= 4 is 23.0 Å². The molecule has 1 heterocycles. The van der Waals surface area contributed by atoms with Crippen LogP contribution in [0.25, 0.3) is 0 Å². The molecule has 0 spiro atoms. The Kier molecular flexibility index (Phi) is 4.39. The van der Waals surface area contributed by atoms with Crippen molar-refractivity contribution in [1.82, 2.24) is 4.90 Å². The molecule has 0 aliphatic carbocycles. The first-order valence-electron chi connectivity index (χ1n) is 6.12. The van der Waals surface area contributed by atoms with Gasteiger partial charge in [0.25, 0.3) is 5.69 Å². The Balaban J connectivity index is 2.05. The van der Waals surface area contributed by atoms with Gasteiger partial charge in [0.15, 0.2) is 0 Å². The van der Waals surface area contributed by atoms with E-state index >= 15 is 0 Å². The first-order chi connectivity index (χ1) is 9.08. The van der Waals surface area contributed by atoms with Gasteiger partial charge in [-0.05, 0) is 6.07 Å². The summed E-state index contributed by atoms with van der Waals surface area (Å²) >= 11 is 5.79. The lowest BCUT2D eigenvalue weighted by Gasteiger charge is -2.35. The molecule has 2 rings (SSSR count). The second-order valence-electron chi connectivity index (χ2n) is 4.53. The van der Waals surface area contributed by atoms with Gasteiger partial charge in [-0.15, -0.1) is 0 Å². The SMILES string of the molecule is C=C(Cl)CN1CCN(c2ccccc2[N+](=O)[O-])CC1. The molecular formula is C13H16ClN3O2. The minimum absolute atomic E-state index is 0.165. The Bertz CT molecular complexity index is 485. The molecule has 0 amide bonds. The van der Waals surface area contributed by atoms with Crippen LogP contribution in [0.1, 0.15) is 0 Å². The van der Waals surface area contributed by atoms with Crippen molar-refractivity contribution in [2.45, 2.75) is 0 Å². The third-order valence-electron chi connectivity index (χ3n) is 3.19. The predicted molar refractivity (Wildman–Crippen MR) is 76.7 cm³/mol. The molecule has 0 bridgehead atoms. The van der Waals surface area contributed by atoms with Crippen molar-refractivity contribution in [3.05, 3.63) is 46.0 Å². The molecule has 6 heteroatoms. The smallest absolute Gasteiger partial charge is 0.292 e. The molecule has 1 saturated heterocycles. The molecule has 1 fully saturated rings. The van der Waals surface area contributed by atoms with E-state index in [0.29, 0.717) is 17.3 Å². The van der Waals surface area contributed by atoms with E-state index in [2.05, 4.69) is 11.5 Å². The van der Waals surface area contributed by atoms with Crippen LogP contribution in [0.4, 0.5) is 11.4 Å². The Morgan fingerprint density at radius 1 is 1.32 bits per heavy atom. The van der Waals surface area contributed by atoms with Crippen LogP contribution in [-0.4, -0.2) is 42.5 Å². The molecule has 0 unspecified atom stereocenters. The first kappa shape index (κ1) is 13.8. The number of para-hydroxylation sites is 2. The number of piperazine rings is 1. The van der Waals surface area contributed by atoms with E-state index in [1.807, 2.05) is 11.0 Å². The van der Waals surface area contributed by atoms with Crippen LogP contribution in [-0.2, 0) is 0 Å². The lowest BCUT2D eigenvalue weighted by molar-refractivity contribution is -0.384. The van der Waals surface area contributed by atoms with Gasteiger partial charge in [-0.1, -0.05) is 30.3 Å². The van der Waals surface area contributed by atoms with E-state index in [4.69, 9.17) is 11.6 Å². The molecule has 102 valence electrons. The van der Waals surface area contributed by atoms with Crippen molar-refractivity contribution in [2.75, 3.05) is 37.6 Å². The highest BCUT2D eigenvalue weighted by Gasteiger charge is 2.22. The normalized spacial score (nSPS) is 16.4. The monoisotopic (exact) mass is 281 g/mol. The summed E-state index contributed by atoms with van der Waals surface area (Å²) in [5.74, 6) is 0. The van der Waals surface area contributed by atoms with E-state index in [1.165, 1.54) is 0 Å². The van der Waals surface area contributed by atoms with Crippen LogP contribution in [0, 0.1) is 10.1 Å². The Morgan fingerprint density at radius 3 is 2.53 bits per heavy atom. The second kappa shape index (κ2) is 6.04. The zero-order valence-electron chi connectivity index (χ0n) is 10.6. The van der Waals surface area contributed by atoms with Gasteiger partial charge in [0.05, 0.1) is 4.92 Å². The molecule has 0 saturated carbocycles. The van der Waals surface area contributed by atoms with Crippen LogP contribution in [0.15, 0.2) is 35.9 Å². The molecule has 0 aromatic heterocycles. The fourth-order valence-electron chi connectivity index (χ4n) is 2.28. The van der Waals surface area contributed by atoms with E-state index in [1.54, 1.807) is 18.2 Å². The number of nitro benzene ring substituents is 1. The molecular weight excluding hydrogens is 266 g/mol. The van der Waals surface area contributed by atoms with Gasteiger partial charge in [0, 0.05) is 43.8 Å². The van der Waals surface area contributed by atoms with Crippen molar-refractivity contribution in [3.8, 4) is 0 Å². The lowest BCUT2D eigenvalue weighted by atomic mass is 10.2. The number of anilines is 1. The molecule has 5 nitrogen and oxygen atoms in total. The zero-order valence-corrected chi connectivity index (χ0v) is 11.3. The highest BCUT2D eigenvalue weighted by molar-refractivity contribution is 6.29. The number of hydrogen-bond acceptors (Lipinski definition) is 4. The van der Waals surface area contributed by atoms with Crippen molar-refractivity contribution < 1.29 is 4.92 Å². The third kappa shape index (κ3) is 3.45.